The van der Waals surface area contributed by atoms with Crippen LogP contribution in [0.4, 0.5) is 5.69 Å². The summed E-state index contributed by atoms with van der Waals surface area (Å²) in [5.41, 5.74) is 1.09. The van der Waals surface area contributed by atoms with Gasteiger partial charge in [-0.2, -0.15) is 5.10 Å². The first-order chi connectivity index (χ1) is 12.5. The normalized spacial score (nSPS) is 10.5. The third-order valence-electron chi connectivity index (χ3n) is 3.74. The summed E-state index contributed by atoms with van der Waals surface area (Å²) in [7, 11) is 1.63. The van der Waals surface area contributed by atoms with Crippen molar-refractivity contribution >= 4 is 23.2 Å². The lowest BCUT2D eigenvalue weighted by Gasteiger charge is -2.17. The van der Waals surface area contributed by atoms with E-state index >= 15 is 0 Å². The monoisotopic (exact) mass is 371 g/mol. The van der Waals surface area contributed by atoms with E-state index in [-0.39, 0.29) is 22.8 Å². The van der Waals surface area contributed by atoms with Gasteiger partial charge in [-0.15, -0.1) is 0 Å². The second-order valence-corrected chi connectivity index (χ2v) is 6.03. The highest BCUT2D eigenvalue weighted by Crippen LogP contribution is 2.24. The molecule has 0 aliphatic carbocycles. The number of nitro groups is 1. The van der Waals surface area contributed by atoms with Crippen LogP contribution in [0.3, 0.4) is 0 Å². The molecule has 9 heteroatoms. The molecule has 1 amide bonds. The van der Waals surface area contributed by atoms with Crippen molar-refractivity contribution in [2.45, 2.75) is 6.54 Å². The molecule has 0 saturated heterocycles. The summed E-state index contributed by atoms with van der Waals surface area (Å²) < 4.78 is 1.28. The lowest BCUT2D eigenvalue weighted by atomic mass is 10.1. The summed E-state index contributed by atoms with van der Waals surface area (Å²) in [6.07, 6.45) is 2.64. The minimum Gasteiger partial charge on any atom is -0.337 e. The molecule has 0 saturated carbocycles. The maximum atomic E-state index is 12.6. The lowest BCUT2D eigenvalue weighted by Crippen LogP contribution is -2.26. The first-order valence-electron chi connectivity index (χ1n) is 7.59. The predicted molar refractivity (Wildman–Crippen MR) is 95.3 cm³/mol. The van der Waals surface area contributed by atoms with E-state index in [2.05, 4.69) is 10.1 Å². The molecule has 0 bridgehead atoms. The Balaban J connectivity index is 1.87. The third-order valence-corrected chi connectivity index (χ3v) is 3.98. The van der Waals surface area contributed by atoms with Crippen LogP contribution in [0.1, 0.15) is 15.9 Å². The van der Waals surface area contributed by atoms with Crippen LogP contribution in [-0.4, -0.2) is 37.5 Å². The highest BCUT2D eigenvalue weighted by molar-refractivity contribution is 6.30. The van der Waals surface area contributed by atoms with Gasteiger partial charge in [0.05, 0.1) is 4.92 Å². The fourth-order valence-electron chi connectivity index (χ4n) is 2.53. The standard InChI is InChI=1S/C17H14ClN5O3/c1-21(9-12-3-2-4-14(18)7-12)17(24)13-5-6-15(16(8-13)23(25)26)22-11-19-10-20-22/h2-8,10-11H,9H2,1H3. The van der Waals surface area contributed by atoms with E-state index in [1.807, 2.05) is 6.07 Å². The van der Waals surface area contributed by atoms with E-state index in [0.717, 1.165) is 5.56 Å². The Morgan fingerprint density at radius 3 is 2.77 bits per heavy atom. The molecule has 0 aliphatic heterocycles. The number of hydrogen-bond acceptors (Lipinski definition) is 5. The van der Waals surface area contributed by atoms with Gasteiger partial charge in [0, 0.05) is 30.2 Å². The average molecular weight is 372 g/mol. The van der Waals surface area contributed by atoms with Crippen LogP contribution in [0.2, 0.25) is 5.02 Å². The molecule has 0 unspecified atom stereocenters. The number of aromatic nitrogens is 3. The molecule has 0 radical (unpaired) electrons. The minimum atomic E-state index is -0.551. The minimum absolute atomic E-state index is 0.213. The summed E-state index contributed by atoms with van der Waals surface area (Å²) >= 11 is 5.96. The number of rotatable bonds is 5. The fraction of sp³-hybridized carbons (Fsp3) is 0.118. The Bertz CT molecular complexity index is 959. The van der Waals surface area contributed by atoms with Crippen LogP contribution in [-0.2, 0) is 6.54 Å². The molecule has 0 atom stereocenters. The van der Waals surface area contributed by atoms with E-state index in [4.69, 9.17) is 11.6 Å². The Morgan fingerprint density at radius 1 is 1.31 bits per heavy atom. The van der Waals surface area contributed by atoms with Gasteiger partial charge in [0.2, 0.25) is 0 Å². The van der Waals surface area contributed by atoms with Crippen molar-refractivity contribution in [1.29, 1.82) is 0 Å². The van der Waals surface area contributed by atoms with E-state index in [1.54, 1.807) is 25.2 Å². The van der Waals surface area contributed by atoms with Gasteiger partial charge in [-0.05, 0) is 29.8 Å². The maximum Gasteiger partial charge on any atom is 0.295 e. The molecule has 0 fully saturated rings. The Kier molecular flexibility index (Phi) is 4.94. The van der Waals surface area contributed by atoms with Gasteiger partial charge in [-0.3, -0.25) is 14.9 Å². The zero-order chi connectivity index (χ0) is 18.7. The first-order valence-corrected chi connectivity index (χ1v) is 7.97. The summed E-state index contributed by atoms with van der Waals surface area (Å²) in [4.78, 5) is 28.7. The van der Waals surface area contributed by atoms with Crippen molar-refractivity contribution in [3.8, 4) is 5.69 Å². The van der Waals surface area contributed by atoms with Crippen molar-refractivity contribution in [3.63, 3.8) is 0 Å². The average Bonchev–Trinajstić information content (AvgIpc) is 3.15. The largest absolute Gasteiger partial charge is 0.337 e. The molecule has 1 aromatic heterocycles. The van der Waals surface area contributed by atoms with E-state index in [1.165, 1.54) is 40.4 Å². The highest BCUT2D eigenvalue weighted by Gasteiger charge is 2.21. The summed E-state index contributed by atoms with van der Waals surface area (Å²) in [5, 5.41) is 15.9. The topological polar surface area (TPSA) is 94.2 Å². The number of carbonyl (C=O) groups excluding carboxylic acids is 1. The van der Waals surface area contributed by atoms with Gasteiger partial charge in [-0.1, -0.05) is 23.7 Å². The smallest absolute Gasteiger partial charge is 0.295 e. The van der Waals surface area contributed by atoms with Gasteiger partial charge in [0.1, 0.15) is 18.3 Å². The van der Waals surface area contributed by atoms with E-state index < -0.39 is 4.92 Å². The van der Waals surface area contributed by atoms with Crippen LogP contribution in [0.25, 0.3) is 5.69 Å². The third kappa shape index (κ3) is 3.70. The first kappa shape index (κ1) is 17.6. The molecular weight excluding hydrogens is 358 g/mol. The molecule has 2 aromatic carbocycles. The van der Waals surface area contributed by atoms with E-state index in [9.17, 15) is 14.9 Å². The second kappa shape index (κ2) is 7.32. The number of amides is 1. The molecule has 132 valence electrons. The number of carbonyl (C=O) groups is 1. The molecule has 26 heavy (non-hydrogen) atoms. The zero-order valence-electron chi connectivity index (χ0n) is 13.7. The van der Waals surface area contributed by atoms with Crippen molar-refractivity contribution < 1.29 is 9.72 Å². The van der Waals surface area contributed by atoms with Gasteiger partial charge in [-0.25, -0.2) is 9.67 Å². The molecule has 0 N–H and O–H groups in total. The number of nitrogens with zero attached hydrogens (tertiary/aromatic N) is 5. The Morgan fingerprint density at radius 2 is 2.12 bits per heavy atom. The molecule has 0 spiro atoms. The van der Waals surface area contributed by atoms with Crippen LogP contribution < -0.4 is 0 Å². The van der Waals surface area contributed by atoms with Crippen molar-refractivity contribution in [2.24, 2.45) is 0 Å². The van der Waals surface area contributed by atoms with Crippen molar-refractivity contribution in [1.82, 2.24) is 19.7 Å². The number of hydrogen-bond donors (Lipinski definition) is 0. The van der Waals surface area contributed by atoms with Crippen molar-refractivity contribution in [2.75, 3.05) is 7.05 Å². The van der Waals surface area contributed by atoms with Gasteiger partial charge < -0.3 is 4.90 Å². The van der Waals surface area contributed by atoms with Gasteiger partial charge in [0.25, 0.3) is 11.6 Å². The van der Waals surface area contributed by atoms with Crippen LogP contribution in [0, 0.1) is 10.1 Å². The van der Waals surface area contributed by atoms with Crippen molar-refractivity contribution in [3.05, 3.63) is 81.4 Å². The van der Waals surface area contributed by atoms with Gasteiger partial charge >= 0.3 is 0 Å². The number of halogens is 1. The number of benzene rings is 2. The Hall–Kier alpha value is -3.26. The molecule has 8 nitrogen and oxygen atoms in total. The predicted octanol–water partition coefficient (Wildman–Crippen LogP) is 3.10. The van der Waals surface area contributed by atoms with Crippen LogP contribution in [0.15, 0.2) is 55.1 Å². The maximum absolute atomic E-state index is 12.6. The van der Waals surface area contributed by atoms with Crippen LogP contribution in [0.5, 0.6) is 0 Å². The summed E-state index contributed by atoms with van der Waals surface area (Å²) in [6.45, 7) is 0.331. The summed E-state index contributed by atoms with van der Waals surface area (Å²) in [6, 6.07) is 11.4. The fourth-order valence-corrected chi connectivity index (χ4v) is 2.74. The van der Waals surface area contributed by atoms with E-state index in [0.29, 0.717) is 11.6 Å². The zero-order valence-corrected chi connectivity index (χ0v) is 14.5. The highest BCUT2D eigenvalue weighted by atomic mass is 35.5. The van der Waals surface area contributed by atoms with Gasteiger partial charge in [0.15, 0.2) is 0 Å². The second-order valence-electron chi connectivity index (χ2n) is 5.59. The summed E-state index contributed by atoms with van der Waals surface area (Å²) in [5.74, 6) is -0.335. The molecular formula is C17H14ClN5O3. The Labute approximate surface area is 153 Å². The molecule has 0 aliphatic rings. The molecule has 3 rings (SSSR count). The number of nitro benzene ring substituents is 1. The quantitative estimate of drug-likeness (QED) is 0.507. The SMILES string of the molecule is CN(Cc1cccc(Cl)c1)C(=O)c1ccc(-n2cncn2)c([N+](=O)[O-])c1. The van der Waals surface area contributed by atoms with Crippen LogP contribution >= 0.6 is 11.6 Å². The lowest BCUT2D eigenvalue weighted by molar-refractivity contribution is -0.384. The molecule has 1 heterocycles. The molecule has 3 aromatic rings.